The van der Waals surface area contributed by atoms with E-state index >= 15 is 0 Å². The Morgan fingerprint density at radius 3 is 2.55 bits per heavy atom. The van der Waals surface area contributed by atoms with Gasteiger partial charge in [0.05, 0.1) is 41.0 Å². The first kappa shape index (κ1) is 37.3. The molecule has 8 nitrogen and oxygen atoms in total. The quantitative estimate of drug-likeness (QED) is 0.164. The van der Waals surface area contributed by atoms with E-state index in [0.29, 0.717) is 28.6 Å². The molecule has 9 heteroatoms. The zero-order valence-electron chi connectivity index (χ0n) is 33.9. The minimum Gasteiger partial charge on any atom is -0.392 e. The number of hydrogen-bond acceptors (Lipinski definition) is 7. The van der Waals surface area contributed by atoms with E-state index in [1.165, 1.54) is 11.3 Å². The highest BCUT2D eigenvalue weighted by Crippen LogP contribution is 2.71. The smallest absolute Gasteiger partial charge is 0.252 e. The molecule has 9 unspecified atom stereocenters. The van der Waals surface area contributed by atoms with Crippen LogP contribution in [0.25, 0.3) is 16.5 Å². The lowest BCUT2D eigenvalue weighted by Crippen LogP contribution is -2.62. The fourth-order valence-corrected chi connectivity index (χ4v) is 13.9. The van der Waals surface area contributed by atoms with Gasteiger partial charge in [0.25, 0.3) is 5.91 Å². The fourth-order valence-electron chi connectivity index (χ4n) is 13.2. The van der Waals surface area contributed by atoms with E-state index < -0.39 is 34.9 Å². The molecule has 4 heterocycles. The fraction of sp³-hybridized carbons (Fsp3) is 0.587. The van der Waals surface area contributed by atoms with Crippen molar-refractivity contribution in [1.29, 1.82) is 0 Å². The Kier molecular flexibility index (Phi) is 8.08. The molecule has 4 aliphatic carbocycles. The van der Waals surface area contributed by atoms with Crippen LogP contribution < -0.4 is 5.32 Å². The van der Waals surface area contributed by atoms with Crippen molar-refractivity contribution in [1.82, 2.24) is 9.88 Å². The number of fused-ring (bicyclic) bond motifs is 11. The third-order valence-corrected chi connectivity index (χ3v) is 16.5. The van der Waals surface area contributed by atoms with E-state index in [1.54, 1.807) is 11.8 Å². The highest BCUT2D eigenvalue weighted by atomic mass is 32.2. The second kappa shape index (κ2) is 11.9. The van der Waals surface area contributed by atoms with Crippen LogP contribution in [0.15, 0.2) is 53.1 Å². The van der Waals surface area contributed by atoms with Gasteiger partial charge in [-0.1, -0.05) is 62.9 Å². The Balaban J connectivity index is 1.18. The van der Waals surface area contributed by atoms with Gasteiger partial charge in [0.2, 0.25) is 0 Å². The second-order valence-electron chi connectivity index (χ2n) is 19.5. The number of aliphatic hydroxyl groups excluding tert-OH is 2. The number of carbonyl (C=O) groups is 2. The molecule has 292 valence electrons. The maximum Gasteiger partial charge on any atom is 0.252 e. The molecular weight excluding hydrogens is 707 g/mol. The Morgan fingerprint density at radius 1 is 1.11 bits per heavy atom. The Bertz CT molecular complexity index is 2240. The second-order valence-corrected chi connectivity index (χ2v) is 20.6. The van der Waals surface area contributed by atoms with Crippen LogP contribution in [0, 0.1) is 28.6 Å². The molecular formula is C46H57N3O5S. The predicted octanol–water partition coefficient (Wildman–Crippen LogP) is 8.32. The van der Waals surface area contributed by atoms with E-state index in [4.69, 9.17) is 4.74 Å². The van der Waals surface area contributed by atoms with Gasteiger partial charge in [-0.25, -0.2) is 0 Å². The lowest BCUT2D eigenvalue weighted by Gasteiger charge is -2.64. The highest BCUT2D eigenvalue weighted by Gasteiger charge is 2.67. The average Bonchev–Trinajstić information content (AvgIpc) is 3.89. The molecule has 9 atom stereocenters. The summed E-state index contributed by atoms with van der Waals surface area (Å²) in [7, 11) is 0. The number of amides is 1. The number of hydrogen-bond donors (Lipinski definition) is 3. The van der Waals surface area contributed by atoms with Gasteiger partial charge in [-0.3, -0.25) is 14.6 Å². The molecule has 2 fully saturated rings. The van der Waals surface area contributed by atoms with Crippen molar-refractivity contribution in [3.8, 4) is 0 Å². The molecule has 55 heavy (non-hydrogen) atoms. The van der Waals surface area contributed by atoms with E-state index in [-0.39, 0.29) is 34.4 Å². The SMILES string of the molecule is C=C(C)C1C(=O)c2c3c(cc4c5c(n1c24)C1(C)C(CCC2C(C)(/C=C/C=C(\C)C(=O)NC4=NCCS4)C(O)CCC21C)C5)C1=CC(C)(C)OC(C)(C)C1C3O. The first-order valence-electron chi connectivity index (χ1n) is 20.3. The maximum atomic E-state index is 14.9. The number of nitrogens with zero attached hydrogens (tertiary/aromatic N) is 2. The molecule has 0 bridgehead atoms. The Hall–Kier alpha value is -3.24. The maximum absolute atomic E-state index is 14.9. The van der Waals surface area contributed by atoms with E-state index in [2.05, 4.69) is 88.1 Å². The summed E-state index contributed by atoms with van der Waals surface area (Å²) in [6, 6.07) is 1.77. The lowest BCUT2D eigenvalue weighted by atomic mass is 9.40. The number of Topliss-reactive ketones (excluding diaryl/α,β-unsaturated/α-hetero) is 1. The molecule has 3 aliphatic heterocycles. The number of thioether (sulfide) groups is 1. The zero-order chi connectivity index (χ0) is 39.4. The molecule has 0 radical (unpaired) electrons. The number of ketones is 1. The van der Waals surface area contributed by atoms with Gasteiger partial charge in [-0.2, -0.15) is 0 Å². The normalized spacial score (nSPS) is 38.0. The van der Waals surface area contributed by atoms with Crippen LogP contribution in [-0.2, 0) is 21.4 Å². The summed E-state index contributed by atoms with van der Waals surface area (Å²) in [6.45, 7) is 24.3. The molecule has 1 aromatic carbocycles. The number of aromatic nitrogens is 1. The molecule has 2 saturated carbocycles. The van der Waals surface area contributed by atoms with Gasteiger partial charge >= 0.3 is 0 Å². The molecule has 3 N–H and O–H groups in total. The lowest BCUT2D eigenvalue weighted by molar-refractivity contribution is -0.144. The van der Waals surface area contributed by atoms with E-state index in [9.17, 15) is 19.8 Å². The molecule has 1 aromatic heterocycles. The first-order chi connectivity index (χ1) is 25.8. The number of benzene rings is 1. The van der Waals surface area contributed by atoms with Crippen molar-refractivity contribution < 1.29 is 24.5 Å². The minimum absolute atomic E-state index is 0.0321. The van der Waals surface area contributed by atoms with E-state index in [0.717, 1.165) is 71.2 Å². The van der Waals surface area contributed by atoms with Crippen molar-refractivity contribution >= 4 is 45.1 Å². The topological polar surface area (TPSA) is 113 Å². The van der Waals surface area contributed by atoms with Crippen LogP contribution >= 0.6 is 11.8 Å². The van der Waals surface area contributed by atoms with Crippen molar-refractivity contribution in [2.45, 2.75) is 129 Å². The molecule has 0 spiro atoms. The third-order valence-electron chi connectivity index (χ3n) is 15.6. The Labute approximate surface area is 329 Å². The van der Waals surface area contributed by atoms with Crippen LogP contribution in [0.4, 0.5) is 0 Å². The van der Waals surface area contributed by atoms with Crippen molar-refractivity contribution in [2.75, 3.05) is 12.3 Å². The summed E-state index contributed by atoms with van der Waals surface area (Å²) in [5, 5.41) is 28.8. The van der Waals surface area contributed by atoms with Gasteiger partial charge < -0.3 is 24.8 Å². The summed E-state index contributed by atoms with van der Waals surface area (Å²) in [4.78, 5) is 32.2. The largest absolute Gasteiger partial charge is 0.392 e. The third kappa shape index (κ3) is 4.85. The number of nitrogens with one attached hydrogen (secondary N) is 1. The van der Waals surface area contributed by atoms with Gasteiger partial charge in [-0.15, -0.1) is 0 Å². The Morgan fingerprint density at radius 2 is 1.85 bits per heavy atom. The number of aliphatic hydroxyl groups is 2. The summed E-state index contributed by atoms with van der Waals surface area (Å²) >= 11 is 1.56. The van der Waals surface area contributed by atoms with Gasteiger partial charge in [0, 0.05) is 44.7 Å². The molecule has 2 aromatic rings. The monoisotopic (exact) mass is 763 g/mol. The summed E-state index contributed by atoms with van der Waals surface area (Å²) < 4.78 is 8.91. The van der Waals surface area contributed by atoms with Crippen molar-refractivity contribution in [3.05, 3.63) is 76.0 Å². The van der Waals surface area contributed by atoms with Crippen molar-refractivity contribution in [2.24, 2.45) is 33.6 Å². The number of carbonyl (C=O) groups excluding carboxylic acids is 2. The van der Waals surface area contributed by atoms with Crippen LogP contribution in [0.3, 0.4) is 0 Å². The van der Waals surface area contributed by atoms with Crippen LogP contribution in [-0.4, -0.2) is 61.2 Å². The highest BCUT2D eigenvalue weighted by molar-refractivity contribution is 8.14. The number of rotatable bonds is 4. The van der Waals surface area contributed by atoms with E-state index in [1.807, 2.05) is 26.0 Å². The van der Waals surface area contributed by atoms with Crippen LogP contribution in [0.5, 0.6) is 0 Å². The summed E-state index contributed by atoms with van der Waals surface area (Å²) in [5.41, 5.74) is 6.32. The number of allylic oxidation sites excluding steroid dienone is 3. The van der Waals surface area contributed by atoms with Crippen LogP contribution in [0.1, 0.15) is 133 Å². The minimum atomic E-state index is -0.857. The van der Waals surface area contributed by atoms with Crippen molar-refractivity contribution in [3.63, 3.8) is 0 Å². The standard InChI is InChI=1S/C46H57N3O5S/c1-23(2)35-38(52)33-32-26(29-22-42(4,5)54-43(6,7)34(29)37(32)51)21-27-28-20-25-13-14-30-44(8,16-11-12-24(3)40(53)48-41-47-18-19-55-41)31(50)15-17-45(30,9)46(25,10)39(28)49(35)36(27)33/h11-12,16,21-22,25,30-31,34-35,37,50-51H,1,13-15,17-20H2,2-10H3,(H,47,48,53)/b16-11+,24-12+. The predicted molar refractivity (Wildman–Crippen MR) is 220 cm³/mol. The number of aliphatic imine (C=N–C) groups is 1. The number of ether oxygens (including phenoxy) is 1. The molecule has 7 aliphatic rings. The van der Waals surface area contributed by atoms with Gasteiger partial charge in [0.15, 0.2) is 11.0 Å². The van der Waals surface area contributed by atoms with Gasteiger partial charge in [-0.05, 0) is 120 Å². The average molecular weight is 764 g/mol. The van der Waals surface area contributed by atoms with Gasteiger partial charge in [0.1, 0.15) is 6.04 Å². The zero-order valence-corrected chi connectivity index (χ0v) is 34.7. The molecule has 0 saturated heterocycles. The first-order valence-corrected chi connectivity index (χ1v) is 21.3. The summed E-state index contributed by atoms with van der Waals surface area (Å²) in [5.74, 6) is 1.04. The van der Waals surface area contributed by atoms with Crippen LogP contribution in [0.2, 0.25) is 0 Å². The molecule has 9 rings (SSSR count). The summed E-state index contributed by atoms with van der Waals surface area (Å²) in [6.07, 6.45) is 11.3. The number of amidine groups is 1. The molecule has 1 amide bonds.